The van der Waals surface area contributed by atoms with Gasteiger partial charge in [0.2, 0.25) is 5.75 Å². The molecule has 1 aliphatic rings. The summed E-state index contributed by atoms with van der Waals surface area (Å²) in [5.74, 6) is 1.92. The minimum Gasteiger partial charge on any atom is -0.493 e. The van der Waals surface area contributed by atoms with Crippen molar-refractivity contribution in [3.05, 3.63) is 17.2 Å². The monoisotopic (exact) mass is 265 g/mol. The van der Waals surface area contributed by atoms with Crippen molar-refractivity contribution >= 4 is 5.71 Å². The summed E-state index contributed by atoms with van der Waals surface area (Å²) in [6.45, 7) is 0. The lowest BCUT2D eigenvalue weighted by Gasteiger charge is -2.18. The second-order valence-electron chi connectivity index (χ2n) is 4.48. The summed E-state index contributed by atoms with van der Waals surface area (Å²) in [4.78, 5) is 0. The van der Waals surface area contributed by atoms with Gasteiger partial charge in [-0.05, 0) is 30.9 Å². The number of hydrogen-bond donors (Lipinski definition) is 1. The van der Waals surface area contributed by atoms with Gasteiger partial charge in [0.15, 0.2) is 11.5 Å². The standard InChI is InChI=1S/C14H19NO4/c1-17-12-7-9-5-4-6-10(15-16)8-11(9)13(18-2)14(12)19-3/h7,16H,4-6,8H2,1-3H3/b15-10-. The van der Waals surface area contributed by atoms with Crippen molar-refractivity contribution in [2.45, 2.75) is 25.7 Å². The van der Waals surface area contributed by atoms with Crippen molar-refractivity contribution in [3.63, 3.8) is 0 Å². The number of aryl methyl sites for hydroxylation is 1. The van der Waals surface area contributed by atoms with Gasteiger partial charge in [0.25, 0.3) is 0 Å². The molecule has 0 aliphatic heterocycles. The smallest absolute Gasteiger partial charge is 0.203 e. The molecule has 1 N–H and O–H groups in total. The minimum absolute atomic E-state index is 0.579. The van der Waals surface area contributed by atoms with Crippen LogP contribution in [0.25, 0.3) is 0 Å². The van der Waals surface area contributed by atoms with Crippen LogP contribution in [0.15, 0.2) is 11.2 Å². The lowest BCUT2D eigenvalue weighted by atomic mass is 10.00. The summed E-state index contributed by atoms with van der Waals surface area (Å²) in [7, 11) is 4.81. The Balaban J connectivity index is 2.61. The third-order valence-electron chi connectivity index (χ3n) is 3.46. The molecule has 1 aromatic carbocycles. The number of ether oxygens (including phenoxy) is 3. The third kappa shape index (κ3) is 2.45. The molecule has 19 heavy (non-hydrogen) atoms. The van der Waals surface area contributed by atoms with E-state index in [0.717, 1.165) is 36.1 Å². The van der Waals surface area contributed by atoms with E-state index in [1.807, 2.05) is 6.07 Å². The fraction of sp³-hybridized carbons (Fsp3) is 0.500. The van der Waals surface area contributed by atoms with Crippen LogP contribution in [0.2, 0.25) is 0 Å². The average Bonchev–Trinajstić information content (AvgIpc) is 2.66. The van der Waals surface area contributed by atoms with E-state index in [-0.39, 0.29) is 0 Å². The predicted molar refractivity (Wildman–Crippen MR) is 72.0 cm³/mol. The lowest BCUT2D eigenvalue weighted by Crippen LogP contribution is -2.06. The Hall–Kier alpha value is -1.91. The summed E-state index contributed by atoms with van der Waals surface area (Å²) in [6.07, 6.45) is 3.23. The predicted octanol–water partition coefficient (Wildman–Crippen LogP) is 2.42. The number of benzene rings is 1. The third-order valence-corrected chi connectivity index (χ3v) is 3.46. The van der Waals surface area contributed by atoms with Crippen molar-refractivity contribution in [1.82, 2.24) is 0 Å². The molecule has 0 saturated carbocycles. The van der Waals surface area contributed by atoms with Gasteiger partial charge in [0, 0.05) is 12.0 Å². The molecular weight excluding hydrogens is 246 g/mol. The van der Waals surface area contributed by atoms with E-state index in [0.29, 0.717) is 23.7 Å². The van der Waals surface area contributed by atoms with Crippen LogP contribution in [0.3, 0.4) is 0 Å². The van der Waals surface area contributed by atoms with Crippen LogP contribution in [-0.4, -0.2) is 32.2 Å². The molecule has 0 spiro atoms. The van der Waals surface area contributed by atoms with Gasteiger partial charge >= 0.3 is 0 Å². The average molecular weight is 265 g/mol. The molecule has 0 unspecified atom stereocenters. The number of hydrogen-bond acceptors (Lipinski definition) is 5. The second kappa shape index (κ2) is 5.82. The Morgan fingerprint density at radius 1 is 1.05 bits per heavy atom. The molecule has 1 aliphatic carbocycles. The molecule has 2 rings (SSSR count). The molecule has 0 atom stereocenters. The largest absolute Gasteiger partial charge is 0.493 e. The Morgan fingerprint density at radius 2 is 1.79 bits per heavy atom. The maximum atomic E-state index is 9.02. The highest BCUT2D eigenvalue weighted by atomic mass is 16.5. The van der Waals surface area contributed by atoms with E-state index < -0.39 is 0 Å². The van der Waals surface area contributed by atoms with Crippen molar-refractivity contribution in [1.29, 1.82) is 0 Å². The number of oxime groups is 1. The van der Waals surface area contributed by atoms with E-state index in [2.05, 4.69) is 5.16 Å². The molecule has 5 heteroatoms. The summed E-state index contributed by atoms with van der Waals surface area (Å²) in [5, 5.41) is 12.4. The highest BCUT2D eigenvalue weighted by molar-refractivity contribution is 5.88. The molecule has 0 amide bonds. The van der Waals surface area contributed by atoms with Gasteiger partial charge in [-0.15, -0.1) is 0 Å². The van der Waals surface area contributed by atoms with Crippen LogP contribution < -0.4 is 14.2 Å². The highest BCUT2D eigenvalue weighted by Crippen LogP contribution is 2.43. The van der Waals surface area contributed by atoms with Crippen molar-refractivity contribution in [2.75, 3.05) is 21.3 Å². The summed E-state index contributed by atoms with van der Waals surface area (Å²) in [6, 6.07) is 1.98. The van der Waals surface area contributed by atoms with Crippen LogP contribution in [-0.2, 0) is 12.8 Å². The minimum atomic E-state index is 0.579. The highest BCUT2D eigenvalue weighted by Gasteiger charge is 2.23. The van der Waals surface area contributed by atoms with Gasteiger partial charge < -0.3 is 19.4 Å². The number of methoxy groups -OCH3 is 3. The van der Waals surface area contributed by atoms with Gasteiger partial charge in [-0.3, -0.25) is 0 Å². The van der Waals surface area contributed by atoms with Crippen molar-refractivity contribution in [3.8, 4) is 17.2 Å². The van der Waals surface area contributed by atoms with Crippen molar-refractivity contribution < 1.29 is 19.4 Å². The zero-order chi connectivity index (χ0) is 13.8. The molecular formula is C14H19NO4. The fourth-order valence-electron chi connectivity index (χ4n) is 2.54. The number of rotatable bonds is 3. The summed E-state index contributed by atoms with van der Waals surface area (Å²) in [5.41, 5.74) is 2.95. The number of nitrogens with zero attached hydrogens (tertiary/aromatic N) is 1. The Kier molecular flexibility index (Phi) is 4.14. The van der Waals surface area contributed by atoms with E-state index in [1.165, 1.54) is 0 Å². The van der Waals surface area contributed by atoms with Gasteiger partial charge in [-0.25, -0.2) is 0 Å². The van der Waals surface area contributed by atoms with Crippen LogP contribution >= 0.6 is 0 Å². The van der Waals surface area contributed by atoms with E-state index in [4.69, 9.17) is 19.4 Å². The maximum Gasteiger partial charge on any atom is 0.203 e. The molecule has 1 aromatic rings. The van der Waals surface area contributed by atoms with Gasteiger partial charge in [-0.1, -0.05) is 5.16 Å². The van der Waals surface area contributed by atoms with E-state index >= 15 is 0 Å². The molecule has 0 heterocycles. The molecule has 0 aromatic heterocycles. The zero-order valence-corrected chi connectivity index (χ0v) is 11.5. The van der Waals surface area contributed by atoms with Crippen molar-refractivity contribution in [2.24, 2.45) is 5.16 Å². The van der Waals surface area contributed by atoms with Gasteiger partial charge in [0.1, 0.15) is 0 Å². The van der Waals surface area contributed by atoms with Crippen LogP contribution in [0.5, 0.6) is 17.2 Å². The molecule has 0 saturated heterocycles. The lowest BCUT2D eigenvalue weighted by molar-refractivity contribution is 0.315. The first-order chi connectivity index (χ1) is 9.24. The molecule has 5 nitrogen and oxygen atoms in total. The van der Waals surface area contributed by atoms with E-state index in [9.17, 15) is 0 Å². The summed E-state index contributed by atoms with van der Waals surface area (Å²) < 4.78 is 16.2. The Bertz CT molecular complexity index is 497. The van der Waals surface area contributed by atoms with Crippen LogP contribution in [0.4, 0.5) is 0 Å². The normalized spacial score (nSPS) is 16.7. The van der Waals surface area contributed by atoms with E-state index in [1.54, 1.807) is 21.3 Å². The quantitative estimate of drug-likeness (QED) is 0.518. The first-order valence-electron chi connectivity index (χ1n) is 6.25. The molecule has 104 valence electrons. The first-order valence-corrected chi connectivity index (χ1v) is 6.25. The summed E-state index contributed by atoms with van der Waals surface area (Å²) >= 11 is 0. The first kappa shape index (κ1) is 13.5. The Labute approximate surface area is 112 Å². The maximum absolute atomic E-state index is 9.02. The van der Waals surface area contributed by atoms with Gasteiger partial charge in [-0.2, -0.15) is 0 Å². The fourth-order valence-corrected chi connectivity index (χ4v) is 2.54. The van der Waals surface area contributed by atoms with Crippen LogP contribution in [0, 0.1) is 0 Å². The molecule has 0 bridgehead atoms. The topological polar surface area (TPSA) is 60.3 Å². The zero-order valence-electron chi connectivity index (χ0n) is 11.5. The molecule has 0 fully saturated rings. The SMILES string of the molecule is COc1cc2c(c(OC)c1OC)C/C(=N\O)CCC2. The Morgan fingerprint density at radius 3 is 2.37 bits per heavy atom. The molecule has 0 radical (unpaired) electrons. The van der Waals surface area contributed by atoms with Gasteiger partial charge in [0.05, 0.1) is 27.0 Å². The van der Waals surface area contributed by atoms with Crippen LogP contribution in [0.1, 0.15) is 24.0 Å². The second-order valence-corrected chi connectivity index (χ2v) is 4.48. The number of fused-ring (bicyclic) bond motifs is 1.